The summed E-state index contributed by atoms with van der Waals surface area (Å²) in [5.41, 5.74) is 0.714. The van der Waals surface area contributed by atoms with Crippen molar-refractivity contribution in [2.75, 3.05) is 7.11 Å². The van der Waals surface area contributed by atoms with Gasteiger partial charge in [0.15, 0.2) is 0 Å². The highest BCUT2D eigenvalue weighted by Crippen LogP contribution is 2.13. The fourth-order valence-electron chi connectivity index (χ4n) is 3.66. The number of hydrogen-bond donors (Lipinski definition) is 2. The molecule has 0 saturated heterocycles. The van der Waals surface area contributed by atoms with E-state index in [0.29, 0.717) is 16.8 Å². The van der Waals surface area contributed by atoms with Crippen LogP contribution in [0.15, 0.2) is 70.4 Å². The SMILES string of the molecule is COc1cccc(CNC(=O)c2cc3c(=O)n(Cc4ccc(C(=O)O)cc4)c(=O)n(C)c3cn2)c1. The first-order valence-electron chi connectivity index (χ1n) is 10.6. The molecule has 2 aromatic heterocycles. The number of hydrogen-bond acceptors (Lipinski definition) is 6. The number of carbonyl (C=O) groups excluding carboxylic acids is 1. The molecule has 2 aromatic carbocycles. The second kappa shape index (κ2) is 9.64. The van der Waals surface area contributed by atoms with Gasteiger partial charge in [-0.3, -0.25) is 18.7 Å². The molecule has 35 heavy (non-hydrogen) atoms. The van der Waals surface area contributed by atoms with E-state index in [1.165, 1.54) is 36.0 Å². The number of carbonyl (C=O) groups is 2. The summed E-state index contributed by atoms with van der Waals surface area (Å²) in [4.78, 5) is 53.9. The second-order valence-corrected chi connectivity index (χ2v) is 7.86. The third kappa shape index (κ3) is 4.81. The van der Waals surface area contributed by atoms with Gasteiger partial charge >= 0.3 is 11.7 Å². The summed E-state index contributed by atoms with van der Waals surface area (Å²) in [5.74, 6) is -0.876. The zero-order chi connectivity index (χ0) is 25.1. The van der Waals surface area contributed by atoms with Crippen molar-refractivity contribution in [2.45, 2.75) is 13.1 Å². The fourth-order valence-corrected chi connectivity index (χ4v) is 3.66. The summed E-state index contributed by atoms with van der Waals surface area (Å²) in [6, 6.07) is 14.5. The largest absolute Gasteiger partial charge is 0.497 e. The van der Waals surface area contributed by atoms with Gasteiger partial charge in [-0.2, -0.15) is 0 Å². The van der Waals surface area contributed by atoms with Gasteiger partial charge in [0.05, 0.1) is 36.3 Å². The van der Waals surface area contributed by atoms with E-state index >= 15 is 0 Å². The maximum absolute atomic E-state index is 13.2. The molecular weight excluding hydrogens is 452 g/mol. The number of carboxylic acid groups (broad SMARTS) is 1. The number of methoxy groups -OCH3 is 1. The topological polar surface area (TPSA) is 133 Å². The Balaban J connectivity index is 1.64. The minimum Gasteiger partial charge on any atom is -0.497 e. The minimum absolute atomic E-state index is 0.0357. The van der Waals surface area contributed by atoms with E-state index in [2.05, 4.69) is 10.3 Å². The van der Waals surface area contributed by atoms with Crippen molar-refractivity contribution in [3.8, 4) is 5.75 Å². The first-order valence-corrected chi connectivity index (χ1v) is 10.6. The van der Waals surface area contributed by atoms with Crippen LogP contribution in [0, 0.1) is 0 Å². The van der Waals surface area contributed by atoms with E-state index < -0.39 is 23.1 Å². The lowest BCUT2D eigenvalue weighted by Crippen LogP contribution is -2.39. The van der Waals surface area contributed by atoms with E-state index in [-0.39, 0.29) is 29.7 Å². The number of aromatic carboxylic acids is 1. The highest BCUT2D eigenvalue weighted by Gasteiger charge is 2.16. The first kappa shape index (κ1) is 23.4. The van der Waals surface area contributed by atoms with Crippen molar-refractivity contribution >= 4 is 22.8 Å². The molecule has 10 nitrogen and oxygen atoms in total. The molecule has 0 aliphatic heterocycles. The quantitative estimate of drug-likeness (QED) is 0.417. The normalized spacial score (nSPS) is 10.8. The molecule has 2 N–H and O–H groups in total. The van der Waals surface area contributed by atoms with Crippen LogP contribution >= 0.6 is 0 Å². The van der Waals surface area contributed by atoms with Gasteiger partial charge in [-0.05, 0) is 41.5 Å². The molecule has 0 saturated carbocycles. The Morgan fingerprint density at radius 3 is 2.49 bits per heavy atom. The Kier molecular flexibility index (Phi) is 6.45. The van der Waals surface area contributed by atoms with Gasteiger partial charge in [0.2, 0.25) is 0 Å². The number of fused-ring (bicyclic) bond motifs is 1. The van der Waals surface area contributed by atoms with Gasteiger partial charge < -0.3 is 15.2 Å². The van der Waals surface area contributed by atoms with Crippen molar-refractivity contribution in [1.29, 1.82) is 0 Å². The number of amides is 1. The standard InChI is InChI=1S/C25H22N4O6/c1-28-21-13-26-20(22(30)27-12-16-4-3-5-18(10-16)35-2)11-19(21)23(31)29(25(28)34)14-15-6-8-17(9-7-15)24(32)33/h3-11,13H,12,14H2,1-2H3,(H,27,30)(H,32,33). The summed E-state index contributed by atoms with van der Waals surface area (Å²) in [7, 11) is 3.07. The summed E-state index contributed by atoms with van der Waals surface area (Å²) >= 11 is 0. The molecule has 0 radical (unpaired) electrons. The Morgan fingerprint density at radius 1 is 1.06 bits per heavy atom. The van der Waals surface area contributed by atoms with Crippen LogP contribution in [0.2, 0.25) is 0 Å². The molecule has 10 heteroatoms. The van der Waals surface area contributed by atoms with Gasteiger partial charge in [-0.25, -0.2) is 14.6 Å². The number of benzene rings is 2. The molecule has 178 valence electrons. The van der Waals surface area contributed by atoms with E-state index in [1.54, 1.807) is 31.4 Å². The molecule has 0 atom stereocenters. The number of rotatable bonds is 7. The van der Waals surface area contributed by atoms with Crippen LogP contribution in [0.25, 0.3) is 10.9 Å². The van der Waals surface area contributed by atoms with Gasteiger partial charge in [0.25, 0.3) is 11.5 Å². The molecule has 0 aliphatic carbocycles. The Hall–Kier alpha value is -4.73. The van der Waals surface area contributed by atoms with E-state index in [1.807, 2.05) is 12.1 Å². The third-order valence-corrected chi connectivity index (χ3v) is 5.60. The Morgan fingerprint density at radius 2 is 1.80 bits per heavy atom. The van der Waals surface area contributed by atoms with Crippen LogP contribution in [0.3, 0.4) is 0 Å². The average Bonchev–Trinajstić information content (AvgIpc) is 2.88. The smallest absolute Gasteiger partial charge is 0.335 e. The lowest BCUT2D eigenvalue weighted by molar-refractivity contribution is 0.0696. The number of ether oxygens (including phenoxy) is 1. The van der Waals surface area contributed by atoms with Gasteiger partial charge in [-0.15, -0.1) is 0 Å². The van der Waals surface area contributed by atoms with Crippen LogP contribution in [0.5, 0.6) is 5.75 Å². The summed E-state index contributed by atoms with van der Waals surface area (Å²) in [5, 5.41) is 12.0. The van der Waals surface area contributed by atoms with E-state index in [9.17, 15) is 19.2 Å². The third-order valence-electron chi connectivity index (χ3n) is 5.60. The van der Waals surface area contributed by atoms with Gasteiger partial charge in [-0.1, -0.05) is 24.3 Å². The lowest BCUT2D eigenvalue weighted by atomic mass is 10.1. The number of pyridine rings is 1. The predicted octanol–water partition coefficient (Wildman–Crippen LogP) is 1.78. The molecule has 0 fully saturated rings. The summed E-state index contributed by atoms with van der Waals surface area (Å²) in [6.07, 6.45) is 1.32. The zero-order valence-corrected chi connectivity index (χ0v) is 19.0. The maximum Gasteiger partial charge on any atom is 0.335 e. The van der Waals surface area contributed by atoms with E-state index in [0.717, 1.165) is 10.1 Å². The number of aryl methyl sites for hydroxylation is 1. The fraction of sp³-hybridized carbons (Fsp3) is 0.160. The van der Waals surface area contributed by atoms with Crippen LogP contribution in [-0.2, 0) is 20.1 Å². The van der Waals surface area contributed by atoms with Crippen molar-refractivity contribution in [1.82, 2.24) is 19.4 Å². The molecule has 0 unspecified atom stereocenters. The lowest BCUT2D eigenvalue weighted by Gasteiger charge is -2.12. The summed E-state index contributed by atoms with van der Waals surface area (Å²) in [6.45, 7) is 0.181. The molecular formula is C25H22N4O6. The monoisotopic (exact) mass is 474 g/mol. The molecule has 4 rings (SSSR count). The zero-order valence-electron chi connectivity index (χ0n) is 19.0. The van der Waals surface area contributed by atoms with E-state index in [4.69, 9.17) is 9.84 Å². The van der Waals surface area contributed by atoms with Crippen molar-refractivity contribution < 1.29 is 19.4 Å². The number of nitrogens with one attached hydrogen (secondary N) is 1. The van der Waals surface area contributed by atoms with Gasteiger partial charge in [0.1, 0.15) is 11.4 Å². The molecule has 0 aliphatic rings. The van der Waals surface area contributed by atoms with Crippen LogP contribution < -0.4 is 21.3 Å². The van der Waals surface area contributed by atoms with Crippen LogP contribution in [0.4, 0.5) is 0 Å². The van der Waals surface area contributed by atoms with Crippen LogP contribution in [-0.4, -0.2) is 38.2 Å². The highest BCUT2D eigenvalue weighted by molar-refractivity contribution is 5.95. The Bertz CT molecular complexity index is 1550. The predicted molar refractivity (Wildman–Crippen MR) is 128 cm³/mol. The summed E-state index contributed by atoms with van der Waals surface area (Å²) < 4.78 is 7.51. The van der Waals surface area contributed by atoms with Crippen molar-refractivity contribution in [3.05, 3.63) is 104 Å². The number of aromatic nitrogens is 3. The second-order valence-electron chi connectivity index (χ2n) is 7.86. The van der Waals surface area contributed by atoms with Gasteiger partial charge in [0, 0.05) is 13.6 Å². The van der Waals surface area contributed by atoms with Crippen molar-refractivity contribution in [3.63, 3.8) is 0 Å². The maximum atomic E-state index is 13.2. The van der Waals surface area contributed by atoms with Crippen LogP contribution in [0.1, 0.15) is 32.0 Å². The highest BCUT2D eigenvalue weighted by atomic mass is 16.5. The molecule has 2 heterocycles. The first-order chi connectivity index (χ1) is 16.8. The average molecular weight is 474 g/mol. The molecule has 1 amide bonds. The Labute approximate surface area is 199 Å². The number of carboxylic acids is 1. The molecule has 4 aromatic rings. The van der Waals surface area contributed by atoms with Crippen molar-refractivity contribution in [2.24, 2.45) is 7.05 Å². The molecule has 0 bridgehead atoms. The minimum atomic E-state index is -1.07. The number of nitrogens with zero attached hydrogens (tertiary/aromatic N) is 3. The molecule has 0 spiro atoms.